The average Bonchev–Trinajstić information content (AvgIpc) is 3.74. The zero-order valence-electron chi connectivity index (χ0n) is 36.1. The van der Waals surface area contributed by atoms with E-state index in [9.17, 15) is 0 Å². The van der Waals surface area contributed by atoms with E-state index in [1.807, 2.05) is 12.4 Å². The Morgan fingerprint density at radius 1 is 0.254 bits per heavy atom. The quantitative estimate of drug-likeness (QED) is 0.162. The highest BCUT2D eigenvalue weighted by Crippen LogP contribution is 2.40. The van der Waals surface area contributed by atoms with E-state index in [4.69, 9.17) is 19.9 Å². The molecule has 0 saturated carbocycles. The first kappa shape index (κ1) is 37.3. The molecule has 0 fully saturated rings. The first-order valence-electron chi connectivity index (χ1n) is 22.7. The van der Waals surface area contributed by atoms with E-state index in [-0.39, 0.29) is 0 Å². The fourth-order valence-electron chi connectivity index (χ4n) is 10.5. The zero-order valence-corrected chi connectivity index (χ0v) is 36.1. The van der Waals surface area contributed by atoms with Crippen molar-refractivity contribution in [3.8, 4) is 50.5 Å². The van der Waals surface area contributed by atoms with Gasteiger partial charge in [-0.2, -0.15) is 0 Å². The molecule has 0 aliphatic rings. The molecule has 0 aliphatic heterocycles. The zero-order chi connectivity index (χ0) is 44.0. The smallest absolute Gasteiger partial charge is 0.0979 e. The van der Waals surface area contributed by atoms with Gasteiger partial charge in [-0.05, 0) is 92.3 Å². The summed E-state index contributed by atoms with van der Waals surface area (Å²) in [5.41, 5.74) is 15.3. The summed E-state index contributed by atoms with van der Waals surface area (Å²) >= 11 is 0. The fraction of sp³-hybridized carbons (Fsp3) is 0. The molecule has 0 amide bonds. The van der Waals surface area contributed by atoms with Gasteiger partial charge in [0.15, 0.2) is 0 Å². The summed E-state index contributed by atoms with van der Waals surface area (Å²) < 4.78 is 2.38. The van der Waals surface area contributed by atoms with E-state index in [1.54, 1.807) is 0 Å². The summed E-state index contributed by atoms with van der Waals surface area (Å²) in [5, 5.41) is 11.6. The third-order valence-electron chi connectivity index (χ3n) is 13.6. The Labute approximate surface area is 384 Å². The monoisotopic (exact) mass is 851 g/mol. The van der Waals surface area contributed by atoms with E-state index in [1.165, 1.54) is 32.3 Å². The molecule has 14 aromatic rings. The summed E-state index contributed by atoms with van der Waals surface area (Å²) in [4.78, 5) is 20.7. The maximum absolute atomic E-state index is 5.31. The van der Waals surface area contributed by atoms with Gasteiger partial charge in [-0.15, -0.1) is 0 Å². The molecule has 0 spiro atoms. The molecule has 0 aliphatic carbocycles. The topological polar surface area (TPSA) is 56.5 Å². The number of benzene rings is 11. The first-order chi connectivity index (χ1) is 33.2. The maximum atomic E-state index is 5.31. The molecule has 310 valence electrons. The van der Waals surface area contributed by atoms with Crippen LogP contribution in [0.1, 0.15) is 0 Å². The molecule has 0 saturated heterocycles. The predicted molar refractivity (Wildman–Crippen MR) is 279 cm³/mol. The normalized spacial score (nSPS) is 11.9. The maximum Gasteiger partial charge on any atom is 0.0979 e. The van der Waals surface area contributed by atoms with Gasteiger partial charge in [0.1, 0.15) is 0 Å². The van der Waals surface area contributed by atoms with Crippen molar-refractivity contribution in [2.24, 2.45) is 0 Å². The van der Waals surface area contributed by atoms with Crippen molar-refractivity contribution >= 4 is 87.0 Å². The SMILES string of the molecule is c1ccc(-n2c3ccc(-c4cccc(-c5cnc6c7ccccc7c7ccccc7c6n5)c4)cc3c3cc(-c4cccc(-c5cnc6c7ccccc7c7ccccc7c6n5)c4)ccc32)cc1. The second-order valence-corrected chi connectivity index (χ2v) is 17.4. The van der Waals surface area contributed by atoms with Gasteiger partial charge in [0, 0.05) is 49.1 Å². The number of para-hydroxylation sites is 1. The summed E-state index contributed by atoms with van der Waals surface area (Å²) in [6, 6.07) is 75.8. The molecular formula is C62H37N5. The van der Waals surface area contributed by atoms with Crippen LogP contribution in [0, 0.1) is 0 Å². The molecule has 5 nitrogen and oxygen atoms in total. The lowest BCUT2D eigenvalue weighted by Gasteiger charge is -2.11. The van der Waals surface area contributed by atoms with Gasteiger partial charge in [0.05, 0.1) is 56.9 Å². The molecule has 0 bridgehead atoms. The summed E-state index contributed by atoms with van der Waals surface area (Å²) in [5.74, 6) is 0. The highest BCUT2D eigenvalue weighted by Gasteiger charge is 2.18. The number of fused-ring (bicyclic) bond motifs is 15. The van der Waals surface area contributed by atoms with E-state index in [2.05, 4.69) is 217 Å². The minimum atomic E-state index is 0.847. The molecule has 11 aromatic carbocycles. The van der Waals surface area contributed by atoms with Crippen molar-refractivity contribution in [1.82, 2.24) is 24.5 Å². The van der Waals surface area contributed by atoms with Crippen molar-refractivity contribution in [2.45, 2.75) is 0 Å². The minimum Gasteiger partial charge on any atom is -0.309 e. The fourth-order valence-corrected chi connectivity index (χ4v) is 10.5. The van der Waals surface area contributed by atoms with Crippen molar-refractivity contribution in [3.63, 3.8) is 0 Å². The van der Waals surface area contributed by atoms with Gasteiger partial charge in [0.2, 0.25) is 0 Å². The second-order valence-electron chi connectivity index (χ2n) is 17.4. The van der Waals surface area contributed by atoms with Crippen LogP contribution in [0.4, 0.5) is 0 Å². The number of nitrogens with zero attached hydrogens (tertiary/aromatic N) is 5. The molecule has 3 aromatic heterocycles. The second kappa shape index (κ2) is 14.7. The standard InChI is InChI=1S/C62H37N5/c1-2-18-44(19-3-1)67-57-30-28-40(38-14-12-16-42(32-38)55-36-63-59-49-24-8-4-20-45(49)47-22-6-10-26-51(47)61(59)65-55)34-53(57)54-35-41(29-31-58(54)67)39-15-13-17-43(33-39)56-37-64-60-50-25-9-5-21-46(50)48-23-7-11-27-52(48)62(60)66-56/h1-37H. The largest absolute Gasteiger partial charge is 0.309 e. The van der Waals surface area contributed by atoms with Gasteiger partial charge in [-0.1, -0.05) is 164 Å². The molecule has 14 rings (SSSR count). The molecule has 0 unspecified atom stereocenters. The van der Waals surface area contributed by atoms with E-state index in [0.29, 0.717) is 0 Å². The van der Waals surface area contributed by atoms with Crippen LogP contribution in [0.3, 0.4) is 0 Å². The Morgan fingerprint density at radius 2 is 0.612 bits per heavy atom. The van der Waals surface area contributed by atoms with E-state index >= 15 is 0 Å². The molecule has 0 atom stereocenters. The predicted octanol–water partition coefficient (Wildman–Crippen LogP) is 16.0. The van der Waals surface area contributed by atoms with Crippen LogP contribution in [-0.4, -0.2) is 24.5 Å². The Hall–Kier alpha value is -9.06. The summed E-state index contributed by atoms with van der Waals surface area (Å²) in [6.07, 6.45) is 3.85. The summed E-state index contributed by atoms with van der Waals surface area (Å²) in [6.45, 7) is 0. The van der Waals surface area contributed by atoms with Crippen molar-refractivity contribution in [3.05, 3.63) is 225 Å². The van der Waals surface area contributed by atoms with Crippen LogP contribution >= 0.6 is 0 Å². The number of aromatic nitrogens is 5. The van der Waals surface area contributed by atoms with Crippen LogP contribution < -0.4 is 0 Å². The molecule has 3 heterocycles. The lowest BCUT2D eigenvalue weighted by molar-refractivity contribution is 1.18. The van der Waals surface area contributed by atoms with Crippen LogP contribution in [0.5, 0.6) is 0 Å². The number of hydrogen-bond donors (Lipinski definition) is 0. The lowest BCUT2D eigenvalue weighted by Crippen LogP contribution is -1.93. The lowest BCUT2D eigenvalue weighted by atomic mass is 9.97. The summed E-state index contributed by atoms with van der Waals surface area (Å²) in [7, 11) is 0. The molecular weight excluding hydrogens is 815 g/mol. The minimum absolute atomic E-state index is 0.847. The number of hydrogen-bond acceptors (Lipinski definition) is 4. The first-order valence-corrected chi connectivity index (χ1v) is 22.7. The highest BCUT2D eigenvalue weighted by molar-refractivity contribution is 6.24. The van der Waals surface area contributed by atoms with Crippen LogP contribution in [0.2, 0.25) is 0 Å². The Morgan fingerprint density at radius 3 is 1.04 bits per heavy atom. The van der Waals surface area contributed by atoms with Gasteiger partial charge < -0.3 is 4.57 Å². The van der Waals surface area contributed by atoms with E-state index in [0.717, 1.165) is 105 Å². The Balaban J connectivity index is 0.890. The van der Waals surface area contributed by atoms with Gasteiger partial charge in [-0.3, -0.25) is 9.97 Å². The van der Waals surface area contributed by atoms with Crippen LogP contribution in [0.15, 0.2) is 225 Å². The van der Waals surface area contributed by atoms with Crippen molar-refractivity contribution in [2.75, 3.05) is 0 Å². The highest BCUT2D eigenvalue weighted by atomic mass is 15.0. The van der Waals surface area contributed by atoms with Gasteiger partial charge in [0.25, 0.3) is 0 Å². The third kappa shape index (κ3) is 5.88. The van der Waals surface area contributed by atoms with Crippen LogP contribution in [0.25, 0.3) is 137 Å². The van der Waals surface area contributed by atoms with Crippen molar-refractivity contribution < 1.29 is 0 Å². The number of rotatable bonds is 5. The molecule has 0 N–H and O–H groups in total. The van der Waals surface area contributed by atoms with Crippen molar-refractivity contribution in [1.29, 1.82) is 0 Å². The molecule has 67 heavy (non-hydrogen) atoms. The Kier molecular flexibility index (Phi) is 8.21. The third-order valence-corrected chi connectivity index (χ3v) is 13.6. The molecule has 0 radical (unpaired) electrons. The Bertz CT molecular complexity index is 4010. The van der Waals surface area contributed by atoms with Gasteiger partial charge >= 0.3 is 0 Å². The van der Waals surface area contributed by atoms with E-state index < -0.39 is 0 Å². The average molecular weight is 852 g/mol. The molecule has 5 heteroatoms. The van der Waals surface area contributed by atoms with Crippen LogP contribution in [-0.2, 0) is 0 Å². The van der Waals surface area contributed by atoms with Gasteiger partial charge in [-0.25, -0.2) is 9.97 Å².